The topological polar surface area (TPSA) is 50.5 Å². The van der Waals surface area contributed by atoms with Gasteiger partial charge in [-0.05, 0) is 56.2 Å². The average Bonchev–Trinajstić information content (AvgIpc) is 3.05. The quantitative estimate of drug-likeness (QED) is 0.0696. The highest BCUT2D eigenvalue weighted by Crippen LogP contribution is 2.22. The van der Waals surface area contributed by atoms with Crippen molar-refractivity contribution in [2.45, 2.75) is 124 Å². The molecule has 2 aromatic carbocycles. The highest BCUT2D eigenvalue weighted by molar-refractivity contribution is 6.10. The zero-order chi connectivity index (χ0) is 31.4. The van der Waals surface area contributed by atoms with Gasteiger partial charge in [-0.3, -0.25) is 14.5 Å². The van der Waals surface area contributed by atoms with E-state index in [1.54, 1.807) is 18.2 Å². The summed E-state index contributed by atoms with van der Waals surface area (Å²) in [5.41, 5.74) is 2.71. The van der Waals surface area contributed by atoms with Crippen LogP contribution in [0.4, 0.5) is 0 Å². The highest BCUT2D eigenvalue weighted by Gasteiger charge is 2.28. The monoisotopic (exact) mass is 599 g/mol. The number of rotatable bonds is 21. The van der Waals surface area contributed by atoms with Gasteiger partial charge in [-0.2, -0.15) is 0 Å². The van der Waals surface area contributed by atoms with E-state index >= 15 is 0 Å². The molecule has 0 bridgehead atoms. The predicted molar refractivity (Wildman–Crippen MR) is 180 cm³/mol. The van der Waals surface area contributed by atoms with Crippen molar-refractivity contribution in [1.29, 1.82) is 0 Å². The first-order valence-electron chi connectivity index (χ1n) is 17.2. The maximum atomic E-state index is 13.9. The lowest BCUT2D eigenvalue weighted by molar-refractivity contribution is -0.701. The van der Waals surface area contributed by atoms with Crippen LogP contribution in [0.25, 0.3) is 0 Å². The van der Waals surface area contributed by atoms with E-state index in [-0.39, 0.29) is 18.4 Å². The number of unbranched alkanes of at least 4 members (excludes halogenated alkanes) is 13. The van der Waals surface area contributed by atoms with Crippen LogP contribution in [0.5, 0.6) is 5.75 Å². The van der Waals surface area contributed by atoms with Crippen molar-refractivity contribution in [3.8, 4) is 5.75 Å². The summed E-state index contributed by atoms with van der Waals surface area (Å²) in [5, 5.41) is 0. The summed E-state index contributed by atoms with van der Waals surface area (Å²) < 4.78 is 8.09. The molecule has 3 rings (SSSR count). The van der Waals surface area contributed by atoms with Gasteiger partial charge in [0.15, 0.2) is 6.20 Å². The number of nitrogens with zero attached hydrogens (tertiary/aromatic N) is 2. The van der Waals surface area contributed by atoms with Crippen LogP contribution in [0.15, 0.2) is 72.9 Å². The molecule has 0 radical (unpaired) electrons. The van der Waals surface area contributed by atoms with Gasteiger partial charge in [-0.1, -0.05) is 115 Å². The minimum absolute atomic E-state index is 0.193. The molecular formula is C39H55N2O3+. The van der Waals surface area contributed by atoms with E-state index in [4.69, 9.17) is 4.74 Å². The smallest absolute Gasteiger partial charge is 0.261 e. The molecular weight excluding hydrogens is 544 g/mol. The SMILES string of the molecule is CCCCCCCCCCCCCCCCOc1ccc(C(=O)N(Cc2cccc[n+]2CC)C(=O)c2ccccc2)c(C)c1. The summed E-state index contributed by atoms with van der Waals surface area (Å²) >= 11 is 0. The molecule has 0 fully saturated rings. The van der Waals surface area contributed by atoms with Crippen LogP contribution in [0.1, 0.15) is 136 Å². The van der Waals surface area contributed by atoms with Crippen LogP contribution in [-0.4, -0.2) is 23.3 Å². The van der Waals surface area contributed by atoms with E-state index in [1.807, 2.05) is 61.7 Å². The number of benzene rings is 2. The molecule has 0 unspecified atom stereocenters. The Labute approximate surface area is 266 Å². The van der Waals surface area contributed by atoms with Crippen LogP contribution in [0.2, 0.25) is 0 Å². The van der Waals surface area contributed by atoms with Gasteiger partial charge in [0.1, 0.15) is 18.8 Å². The molecule has 0 N–H and O–H groups in total. The molecule has 1 heterocycles. The number of amides is 2. The van der Waals surface area contributed by atoms with Crippen LogP contribution in [0, 0.1) is 6.92 Å². The van der Waals surface area contributed by atoms with Crippen molar-refractivity contribution in [2.24, 2.45) is 0 Å². The largest absolute Gasteiger partial charge is 0.494 e. The molecule has 0 saturated carbocycles. The number of imide groups is 1. The number of aryl methyl sites for hydroxylation is 2. The standard InChI is InChI=1S/C39H55N2O3/c1-4-6-7-8-9-10-11-12-13-14-15-16-17-23-30-44-36-27-28-37(33(3)31-36)39(43)41(38(42)34-24-19-18-20-25-34)32-35-26-21-22-29-40(35)5-2/h18-22,24-29,31H,4-17,23,30,32H2,1-3H3/q+1. The van der Waals surface area contributed by atoms with Gasteiger partial charge < -0.3 is 4.74 Å². The minimum atomic E-state index is -0.306. The highest BCUT2D eigenvalue weighted by atomic mass is 16.5. The number of hydrogen-bond acceptors (Lipinski definition) is 3. The third-order valence-electron chi connectivity index (χ3n) is 8.40. The number of hydrogen-bond donors (Lipinski definition) is 0. The molecule has 1 aromatic heterocycles. The fraction of sp³-hybridized carbons (Fsp3) is 0.513. The molecule has 238 valence electrons. The maximum absolute atomic E-state index is 13.9. The molecule has 0 aliphatic rings. The first-order chi connectivity index (χ1) is 21.5. The van der Waals surface area contributed by atoms with Crippen LogP contribution in [-0.2, 0) is 13.1 Å². The Balaban J connectivity index is 1.45. The zero-order valence-corrected chi connectivity index (χ0v) is 27.6. The van der Waals surface area contributed by atoms with E-state index in [0.29, 0.717) is 17.7 Å². The lowest BCUT2D eigenvalue weighted by Crippen LogP contribution is -2.43. The van der Waals surface area contributed by atoms with E-state index in [0.717, 1.165) is 30.0 Å². The van der Waals surface area contributed by atoms with Crippen LogP contribution < -0.4 is 9.30 Å². The second kappa shape index (κ2) is 20.5. The lowest BCUT2D eigenvalue weighted by atomic mass is 10.0. The van der Waals surface area contributed by atoms with Crippen molar-refractivity contribution in [2.75, 3.05) is 6.61 Å². The van der Waals surface area contributed by atoms with Gasteiger partial charge in [-0.15, -0.1) is 0 Å². The molecule has 0 aliphatic heterocycles. The van der Waals surface area contributed by atoms with Gasteiger partial charge in [0.05, 0.1) is 6.61 Å². The molecule has 0 saturated heterocycles. The molecule has 0 atom stereocenters. The van der Waals surface area contributed by atoms with E-state index in [1.165, 1.54) is 88.4 Å². The van der Waals surface area contributed by atoms with Crippen molar-refractivity contribution < 1.29 is 18.9 Å². The van der Waals surface area contributed by atoms with Gasteiger partial charge in [-0.25, -0.2) is 4.57 Å². The molecule has 5 nitrogen and oxygen atoms in total. The van der Waals surface area contributed by atoms with Crippen molar-refractivity contribution in [1.82, 2.24) is 4.90 Å². The Morgan fingerprint density at radius 1 is 0.682 bits per heavy atom. The van der Waals surface area contributed by atoms with Gasteiger partial charge in [0.2, 0.25) is 5.69 Å². The van der Waals surface area contributed by atoms with Gasteiger partial charge in [0.25, 0.3) is 11.8 Å². The molecule has 2 amide bonds. The molecule has 3 aromatic rings. The van der Waals surface area contributed by atoms with Crippen LogP contribution in [0.3, 0.4) is 0 Å². The molecule has 5 heteroatoms. The fourth-order valence-electron chi connectivity index (χ4n) is 5.70. The first kappa shape index (κ1) is 35.0. The van der Waals surface area contributed by atoms with E-state index in [9.17, 15) is 9.59 Å². The number of ether oxygens (including phenoxy) is 1. The van der Waals surface area contributed by atoms with E-state index < -0.39 is 0 Å². The van der Waals surface area contributed by atoms with E-state index in [2.05, 4.69) is 18.4 Å². The summed E-state index contributed by atoms with van der Waals surface area (Å²) in [6, 6.07) is 20.4. The number of carbonyl (C=O) groups is 2. The second-order valence-corrected chi connectivity index (χ2v) is 12.0. The number of carbonyl (C=O) groups excluding carboxylic acids is 2. The third kappa shape index (κ3) is 11.9. The van der Waals surface area contributed by atoms with Crippen molar-refractivity contribution in [3.05, 3.63) is 95.3 Å². The molecule has 0 aliphatic carbocycles. The Hall–Kier alpha value is -3.47. The Bertz CT molecular complexity index is 1260. The fourth-order valence-corrected chi connectivity index (χ4v) is 5.70. The zero-order valence-electron chi connectivity index (χ0n) is 27.6. The number of pyridine rings is 1. The summed E-state index contributed by atoms with van der Waals surface area (Å²) in [4.78, 5) is 28.8. The second-order valence-electron chi connectivity index (χ2n) is 12.0. The van der Waals surface area contributed by atoms with Crippen molar-refractivity contribution in [3.63, 3.8) is 0 Å². The minimum Gasteiger partial charge on any atom is -0.494 e. The van der Waals surface area contributed by atoms with Crippen molar-refractivity contribution >= 4 is 11.8 Å². The van der Waals surface area contributed by atoms with Gasteiger partial charge >= 0.3 is 0 Å². The molecule has 0 spiro atoms. The van der Waals surface area contributed by atoms with Crippen LogP contribution >= 0.6 is 0 Å². The Morgan fingerprint density at radius 2 is 1.27 bits per heavy atom. The Morgan fingerprint density at radius 3 is 1.86 bits per heavy atom. The lowest BCUT2D eigenvalue weighted by Gasteiger charge is -2.21. The average molecular weight is 600 g/mol. The summed E-state index contributed by atoms with van der Waals surface area (Å²) in [7, 11) is 0. The van der Waals surface area contributed by atoms with Gasteiger partial charge in [0, 0.05) is 23.3 Å². The Kier molecular flexibility index (Phi) is 16.3. The summed E-state index contributed by atoms with van der Waals surface area (Å²) in [6.45, 7) is 7.86. The normalized spacial score (nSPS) is 11.0. The first-order valence-corrected chi connectivity index (χ1v) is 17.2. The summed E-state index contributed by atoms with van der Waals surface area (Å²) in [5.74, 6) is 0.155. The maximum Gasteiger partial charge on any atom is 0.261 e. The predicted octanol–water partition coefficient (Wildman–Crippen LogP) is 9.65. The summed E-state index contributed by atoms with van der Waals surface area (Å²) in [6.07, 6.45) is 20.6. The molecule has 44 heavy (non-hydrogen) atoms. The number of aromatic nitrogens is 1. The third-order valence-corrected chi connectivity index (χ3v) is 8.40.